The summed E-state index contributed by atoms with van der Waals surface area (Å²) in [4.78, 5) is 2.44. The second kappa shape index (κ2) is 13.4. The van der Waals surface area contributed by atoms with Crippen LogP contribution in [0.2, 0.25) is 0 Å². The van der Waals surface area contributed by atoms with Crippen LogP contribution in [-0.4, -0.2) is 4.57 Å². The molecule has 0 atom stereocenters. The zero-order valence-electron chi connectivity index (χ0n) is 29.7. The maximum Gasteiger partial charge on any atom is 0.0562 e. The third-order valence-electron chi connectivity index (χ3n) is 10.6. The van der Waals surface area contributed by atoms with Crippen LogP contribution < -0.4 is 4.90 Å². The lowest BCUT2D eigenvalue weighted by Crippen LogP contribution is -2.11. The molecular formula is C52H36N2. The standard InChI is InChI=1S/C52H36N2/c1-4-17-37(18-5-1)41-33-34-49(46(36-41)39-20-6-2-7-21-39)54-48-28-15-13-26-45(48)52-50(29-16-30-51(52)54)53(43-23-8-3-9-24-43)47-27-14-12-25-44(47)42-32-31-38-19-10-11-22-40(38)35-42/h1-36H. The highest BCUT2D eigenvalue weighted by atomic mass is 15.2. The first-order valence-corrected chi connectivity index (χ1v) is 18.5. The summed E-state index contributed by atoms with van der Waals surface area (Å²) in [6.45, 7) is 0. The minimum absolute atomic E-state index is 1.10. The van der Waals surface area contributed by atoms with E-state index in [0.29, 0.717) is 0 Å². The fourth-order valence-corrected chi connectivity index (χ4v) is 8.09. The van der Waals surface area contributed by atoms with E-state index >= 15 is 0 Å². The Bertz CT molecular complexity index is 2930. The average molecular weight is 689 g/mol. The lowest BCUT2D eigenvalue weighted by atomic mass is 9.97. The lowest BCUT2D eigenvalue weighted by Gasteiger charge is -2.29. The van der Waals surface area contributed by atoms with Crippen LogP contribution in [-0.2, 0) is 0 Å². The fourth-order valence-electron chi connectivity index (χ4n) is 8.09. The van der Waals surface area contributed by atoms with E-state index in [-0.39, 0.29) is 0 Å². The number of hydrogen-bond acceptors (Lipinski definition) is 1. The summed E-state index contributed by atoms with van der Waals surface area (Å²) in [5.74, 6) is 0. The van der Waals surface area contributed by atoms with E-state index < -0.39 is 0 Å². The first-order valence-electron chi connectivity index (χ1n) is 18.5. The molecule has 0 amide bonds. The molecule has 1 aromatic heterocycles. The number of anilines is 3. The molecule has 0 saturated carbocycles. The van der Waals surface area contributed by atoms with Crippen molar-refractivity contribution in [3.8, 4) is 39.1 Å². The molecule has 0 aliphatic heterocycles. The fraction of sp³-hybridized carbons (Fsp3) is 0. The highest BCUT2D eigenvalue weighted by Crippen LogP contribution is 2.47. The van der Waals surface area contributed by atoms with E-state index in [4.69, 9.17) is 0 Å². The van der Waals surface area contributed by atoms with Crippen LogP contribution in [0, 0.1) is 0 Å². The third kappa shape index (κ3) is 5.44. The SMILES string of the molecule is c1ccc(-c2ccc(-n3c4ccccc4c4c(N(c5ccccc5)c5ccccc5-c5ccc6ccccc6c5)cccc43)c(-c3ccccc3)c2)cc1. The van der Waals surface area contributed by atoms with Crippen LogP contribution in [0.15, 0.2) is 218 Å². The van der Waals surface area contributed by atoms with Gasteiger partial charge in [0.25, 0.3) is 0 Å². The Hall–Kier alpha value is -7.16. The van der Waals surface area contributed by atoms with E-state index in [0.717, 1.165) is 28.3 Å². The second-order valence-electron chi connectivity index (χ2n) is 13.7. The summed E-state index contributed by atoms with van der Waals surface area (Å²) in [6.07, 6.45) is 0. The molecule has 0 aliphatic rings. The van der Waals surface area contributed by atoms with Crippen LogP contribution >= 0.6 is 0 Å². The van der Waals surface area contributed by atoms with Gasteiger partial charge in [-0.15, -0.1) is 0 Å². The van der Waals surface area contributed by atoms with Gasteiger partial charge in [-0.2, -0.15) is 0 Å². The van der Waals surface area contributed by atoms with E-state index in [1.54, 1.807) is 0 Å². The van der Waals surface area contributed by atoms with Crippen molar-refractivity contribution in [2.24, 2.45) is 0 Å². The molecule has 9 aromatic carbocycles. The smallest absolute Gasteiger partial charge is 0.0562 e. The number of para-hydroxylation sites is 3. The number of aromatic nitrogens is 1. The van der Waals surface area contributed by atoms with Crippen molar-refractivity contribution < 1.29 is 0 Å². The minimum Gasteiger partial charge on any atom is -0.309 e. The molecular weight excluding hydrogens is 653 g/mol. The van der Waals surface area contributed by atoms with E-state index in [1.807, 2.05) is 0 Å². The molecule has 0 unspecified atom stereocenters. The molecule has 54 heavy (non-hydrogen) atoms. The van der Waals surface area contributed by atoms with Crippen LogP contribution in [0.4, 0.5) is 17.1 Å². The Morgan fingerprint density at radius 1 is 0.333 bits per heavy atom. The van der Waals surface area contributed by atoms with E-state index in [1.165, 1.54) is 60.4 Å². The molecule has 0 radical (unpaired) electrons. The first kappa shape index (κ1) is 31.6. The maximum absolute atomic E-state index is 2.46. The zero-order chi connectivity index (χ0) is 35.8. The van der Waals surface area contributed by atoms with Gasteiger partial charge in [-0.25, -0.2) is 0 Å². The van der Waals surface area contributed by atoms with Gasteiger partial charge in [-0.1, -0.05) is 164 Å². The van der Waals surface area contributed by atoms with Crippen LogP contribution in [0.25, 0.3) is 71.6 Å². The largest absolute Gasteiger partial charge is 0.309 e. The van der Waals surface area contributed by atoms with Crippen molar-refractivity contribution in [1.29, 1.82) is 0 Å². The Morgan fingerprint density at radius 3 is 1.76 bits per heavy atom. The van der Waals surface area contributed by atoms with Gasteiger partial charge in [0.05, 0.1) is 28.1 Å². The Balaban J connectivity index is 1.24. The number of nitrogens with zero attached hydrogens (tertiary/aromatic N) is 2. The molecule has 0 N–H and O–H groups in total. The summed E-state index contributed by atoms with van der Waals surface area (Å²) >= 11 is 0. The Kier molecular flexibility index (Phi) is 7.85. The molecule has 2 nitrogen and oxygen atoms in total. The van der Waals surface area contributed by atoms with Crippen molar-refractivity contribution in [1.82, 2.24) is 4.57 Å². The number of hydrogen-bond donors (Lipinski definition) is 0. The first-order chi connectivity index (χ1) is 26.8. The number of fused-ring (bicyclic) bond motifs is 4. The molecule has 0 aliphatic carbocycles. The highest BCUT2D eigenvalue weighted by Gasteiger charge is 2.24. The highest BCUT2D eigenvalue weighted by molar-refractivity contribution is 6.17. The maximum atomic E-state index is 2.46. The summed E-state index contributed by atoms with van der Waals surface area (Å²) in [7, 11) is 0. The van der Waals surface area contributed by atoms with E-state index in [2.05, 4.69) is 228 Å². The van der Waals surface area contributed by atoms with Crippen molar-refractivity contribution in [2.45, 2.75) is 0 Å². The van der Waals surface area contributed by atoms with Crippen molar-refractivity contribution in [3.05, 3.63) is 218 Å². The molecule has 10 rings (SSSR count). The molecule has 0 bridgehead atoms. The predicted molar refractivity (Wildman–Crippen MR) is 229 cm³/mol. The van der Waals surface area contributed by atoms with E-state index in [9.17, 15) is 0 Å². The Morgan fingerprint density at radius 2 is 0.944 bits per heavy atom. The molecule has 0 spiro atoms. The van der Waals surface area contributed by atoms with Crippen LogP contribution in [0.3, 0.4) is 0 Å². The number of benzene rings is 9. The van der Waals surface area contributed by atoms with Gasteiger partial charge in [-0.05, 0) is 87.6 Å². The normalized spacial score (nSPS) is 11.3. The van der Waals surface area contributed by atoms with Gasteiger partial charge < -0.3 is 9.47 Å². The molecule has 254 valence electrons. The third-order valence-corrected chi connectivity index (χ3v) is 10.6. The lowest BCUT2D eigenvalue weighted by molar-refractivity contribution is 1.18. The van der Waals surface area contributed by atoms with Crippen molar-refractivity contribution in [3.63, 3.8) is 0 Å². The molecule has 2 heteroatoms. The molecule has 10 aromatic rings. The zero-order valence-corrected chi connectivity index (χ0v) is 29.7. The van der Waals surface area contributed by atoms with Gasteiger partial charge in [-0.3, -0.25) is 0 Å². The van der Waals surface area contributed by atoms with Crippen LogP contribution in [0.1, 0.15) is 0 Å². The topological polar surface area (TPSA) is 8.17 Å². The van der Waals surface area contributed by atoms with Gasteiger partial charge in [0.1, 0.15) is 0 Å². The molecule has 1 heterocycles. The summed E-state index contributed by atoms with van der Waals surface area (Å²) < 4.78 is 2.46. The predicted octanol–water partition coefficient (Wildman–Crippen LogP) is 14.4. The van der Waals surface area contributed by atoms with Crippen molar-refractivity contribution >= 4 is 49.6 Å². The summed E-state index contributed by atoms with van der Waals surface area (Å²) in [5, 5.41) is 4.88. The monoisotopic (exact) mass is 688 g/mol. The average Bonchev–Trinajstić information content (AvgIpc) is 3.59. The molecule has 0 fully saturated rings. The van der Waals surface area contributed by atoms with Crippen LogP contribution in [0.5, 0.6) is 0 Å². The minimum atomic E-state index is 1.10. The van der Waals surface area contributed by atoms with Gasteiger partial charge in [0.15, 0.2) is 0 Å². The van der Waals surface area contributed by atoms with Gasteiger partial charge in [0, 0.05) is 27.6 Å². The second-order valence-corrected chi connectivity index (χ2v) is 13.7. The quantitative estimate of drug-likeness (QED) is 0.162. The van der Waals surface area contributed by atoms with Crippen molar-refractivity contribution in [2.75, 3.05) is 4.90 Å². The summed E-state index contributed by atoms with van der Waals surface area (Å²) in [5.41, 5.74) is 14.0. The van der Waals surface area contributed by atoms with Gasteiger partial charge >= 0.3 is 0 Å². The molecule has 0 saturated heterocycles. The van der Waals surface area contributed by atoms with Gasteiger partial charge in [0.2, 0.25) is 0 Å². The number of rotatable bonds is 7. The Labute approximate surface area is 315 Å². The summed E-state index contributed by atoms with van der Waals surface area (Å²) in [6, 6.07) is 78.9.